The smallest absolute Gasteiger partial charge is 0.270 e. The van der Waals surface area contributed by atoms with Crippen LogP contribution in [0.4, 0.5) is 5.69 Å². The molecular formula is C13H15IN2O4. The van der Waals surface area contributed by atoms with Gasteiger partial charge in [0.1, 0.15) is 0 Å². The Morgan fingerprint density at radius 2 is 2.20 bits per heavy atom. The zero-order valence-electron chi connectivity index (χ0n) is 11.0. The molecule has 6 nitrogen and oxygen atoms in total. The fourth-order valence-corrected chi connectivity index (χ4v) is 2.96. The molecular weight excluding hydrogens is 375 g/mol. The van der Waals surface area contributed by atoms with Gasteiger partial charge in [0.2, 0.25) is 0 Å². The third-order valence-electron chi connectivity index (χ3n) is 3.36. The van der Waals surface area contributed by atoms with Crippen LogP contribution >= 0.6 is 22.6 Å². The second-order valence-electron chi connectivity index (χ2n) is 5.06. The minimum absolute atomic E-state index is 0.0990. The third kappa shape index (κ3) is 2.93. The summed E-state index contributed by atoms with van der Waals surface area (Å²) < 4.78 is 0.670. The Kier molecular flexibility index (Phi) is 4.28. The average Bonchev–Trinajstić information content (AvgIpc) is 2.35. The Morgan fingerprint density at radius 1 is 1.55 bits per heavy atom. The second-order valence-corrected chi connectivity index (χ2v) is 6.22. The van der Waals surface area contributed by atoms with Crippen molar-refractivity contribution in [2.75, 3.05) is 13.1 Å². The molecule has 0 unspecified atom stereocenters. The highest BCUT2D eigenvalue weighted by atomic mass is 127. The van der Waals surface area contributed by atoms with Gasteiger partial charge >= 0.3 is 0 Å². The Balaban J connectivity index is 2.15. The highest BCUT2D eigenvalue weighted by Gasteiger charge is 2.43. The molecule has 1 aliphatic heterocycles. The highest BCUT2D eigenvalue weighted by Crippen LogP contribution is 2.29. The molecule has 1 aromatic carbocycles. The number of hydrogen-bond donors (Lipinski definition) is 1. The second kappa shape index (κ2) is 5.65. The first-order chi connectivity index (χ1) is 9.36. The topological polar surface area (TPSA) is 83.7 Å². The van der Waals surface area contributed by atoms with E-state index in [1.165, 1.54) is 17.0 Å². The van der Waals surface area contributed by atoms with Gasteiger partial charge in [-0.1, -0.05) is 13.3 Å². The summed E-state index contributed by atoms with van der Waals surface area (Å²) in [7, 11) is 0. The molecule has 1 aliphatic rings. The van der Waals surface area contributed by atoms with Gasteiger partial charge in [-0.05, 0) is 35.1 Å². The van der Waals surface area contributed by atoms with Crippen LogP contribution in [0.15, 0.2) is 18.2 Å². The first-order valence-corrected chi connectivity index (χ1v) is 7.40. The van der Waals surface area contributed by atoms with E-state index in [9.17, 15) is 20.0 Å². The number of halogens is 1. The number of nitro groups is 1. The zero-order valence-corrected chi connectivity index (χ0v) is 13.2. The van der Waals surface area contributed by atoms with Crippen molar-refractivity contribution >= 4 is 34.2 Å². The fourth-order valence-electron chi connectivity index (χ4n) is 2.39. The summed E-state index contributed by atoms with van der Waals surface area (Å²) in [5, 5.41) is 20.9. The number of carbonyl (C=O) groups excluding carboxylic acids is 1. The number of benzene rings is 1. The molecule has 0 aromatic heterocycles. The van der Waals surface area contributed by atoms with Crippen molar-refractivity contribution in [1.82, 2.24) is 4.90 Å². The molecule has 0 atom stereocenters. The lowest BCUT2D eigenvalue weighted by Crippen LogP contribution is -2.63. The Bertz CT molecular complexity index is 555. The van der Waals surface area contributed by atoms with Gasteiger partial charge in [0, 0.05) is 15.7 Å². The molecule has 0 aliphatic carbocycles. The molecule has 1 saturated heterocycles. The molecule has 0 saturated carbocycles. The molecule has 0 radical (unpaired) electrons. The van der Waals surface area contributed by atoms with E-state index in [1.54, 1.807) is 6.07 Å². The molecule has 108 valence electrons. The van der Waals surface area contributed by atoms with E-state index in [0.29, 0.717) is 28.6 Å². The molecule has 1 aromatic rings. The van der Waals surface area contributed by atoms with Crippen LogP contribution in [0, 0.1) is 13.7 Å². The van der Waals surface area contributed by atoms with E-state index in [4.69, 9.17) is 0 Å². The van der Waals surface area contributed by atoms with Gasteiger partial charge in [-0.15, -0.1) is 0 Å². The molecule has 1 fully saturated rings. The van der Waals surface area contributed by atoms with E-state index in [2.05, 4.69) is 0 Å². The Hall–Kier alpha value is -1.22. The predicted octanol–water partition coefficient (Wildman–Crippen LogP) is 2.19. The van der Waals surface area contributed by atoms with Gasteiger partial charge in [0.05, 0.1) is 29.2 Å². The SMILES string of the molecule is CCCC1(O)CN(C(=O)c2cc([N+](=O)[O-])ccc2I)C1. The summed E-state index contributed by atoms with van der Waals surface area (Å²) in [6.07, 6.45) is 1.51. The van der Waals surface area contributed by atoms with Crippen molar-refractivity contribution < 1.29 is 14.8 Å². The summed E-state index contributed by atoms with van der Waals surface area (Å²) in [5.41, 5.74) is -0.576. The maximum Gasteiger partial charge on any atom is 0.270 e. The van der Waals surface area contributed by atoms with Gasteiger partial charge in [0.25, 0.3) is 11.6 Å². The van der Waals surface area contributed by atoms with E-state index in [1.807, 2.05) is 29.5 Å². The molecule has 7 heteroatoms. The number of non-ortho nitro benzene ring substituents is 1. The van der Waals surface area contributed by atoms with Crippen molar-refractivity contribution in [2.24, 2.45) is 0 Å². The number of amides is 1. The van der Waals surface area contributed by atoms with Crippen LogP contribution < -0.4 is 0 Å². The number of hydrogen-bond acceptors (Lipinski definition) is 4. The summed E-state index contributed by atoms with van der Waals surface area (Å²) in [4.78, 5) is 24.1. The van der Waals surface area contributed by atoms with Crippen molar-refractivity contribution in [3.8, 4) is 0 Å². The molecule has 1 N–H and O–H groups in total. The molecule has 2 rings (SSSR count). The number of carbonyl (C=O) groups is 1. The number of nitrogens with zero attached hydrogens (tertiary/aromatic N) is 2. The van der Waals surface area contributed by atoms with Crippen molar-refractivity contribution in [2.45, 2.75) is 25.4 Å². The quantitative estimate of drug-likeness (QED) is 0.485. The Labute approximate surface area is 130 Å². The van der Waals surface area contributed by atoms with Crippen LogP contribution in [-0.2, 0) is 0 Å². The summed E-state index contributed by atoms with van der Waals surface area (Å²) >= 11 is 1.98. The highest BCUT2D eigenvalue weighted by molar-refractivity contribution is 14.1. The number of β-amino-alcohol motifs (C(OH)–C–C–N with tert-alkyl or cyclic N) is 1. The number of nitro benzene ring substituents is 1. The predicted molar refractivity (Wildman–Crippen MR) is 81.6 cm³/mol. The lowest BCUT2D eigenvalue weighted by molar-refractivity contribution is -0.384. The summed E-state index contributed by atoms with van der Waals surface area (Å²) in [6, 6.07) is 4.23. The molecule has 0 bridgehead atoms. The third-order valence-corrected chi connectivity index (χ3v) is 4.30. The van der Waals surface area contributed by atoms with Gasteiger partial charge in [-0.25, -0.2) is 0 Å². The van der Waals surface area contributed by atoms with Crippen LogP contribution in [-0.4, -0.2) is 39.5 Å². The van der Waals surface area contributed by atoms with Crippen LogP contribution in [0.2, 0.25) is 0 Å². The number of aliphatic hydroxyl groups is 1. The first-order valence-electron chi connectivity index (χ1n) is 6.32. The first kappa shape index (κ1) is 15.2. The van der Waals surface area contributed by atoms with E-state index >= 15 is 0 Å². The van der Waals surface area contributed by atoms with Crippen LogP contribution in [0.3, 0.4) is 0 Å². The Morgan fingerprint density at radius 3 is 2.75 bits per heavy atom. The summed E-state index contributed by atoms with van der Waals surface area (Å²) in [6.45, 7) is 2.56. The number of likely N-dealkylation sites (tertiary alicyclic amines) is 1. The lowest BCUT2D eigenvalue weighted by atomic mass is 9.89. The van der Waals surface area contributed by atoms with E-state index in [-0.39, 0.29) is 11.6 Å². The molecule has 1 amide bonds. The monoisotopic (exact) mass is 390 g/mol. The minimum Gasteiger partial charge on any atom is -0.386 e. The number of rotatable bonds is 4. The van der Waals surface area contributed by atoms with Gasteiger partial charge < -0.3 is 10.0 Å². The van der Waals surface area contributed by atoms with E-state index in [0.717, 1.165) is 6.42 Å². The van der Waals surface area contributed by atoms with Crippen LogP contribution in [0.1, 0.15) is 30.1 Å². The van der Waals surface area contributed by atoms with Gasteiger partial charge in [0.15, 0.2) is 0 Å². The lowest BCUT2D eigenvalue weighted by Gasteiger charge is -2.46. The maximum absolute atomic E-state index is 12.3. The molecule has 0 spiro atoms. The fraction of sp³-hybridized carbons (Fsp3) is 0.462. The maximum atomic E-state index is 12.3. The standard InChI is InChI=1S/C13H15IN2O4/c1-2-5-13(18)7-15(8-13)12(17)10-6-9(16(19)20)3-4-11(10)14/h3-4,6,18H,2,5,7-8H2,1H3. The normalized spacial score (nSPS) is 16.6. The molecule has 1 heterocycles. The van der Waals surface area contributed by atoms with E-state index < -0.39 is 10.5 Å². The largest absolute Gasteiger partial charge is 0.386 e. The molecule has 20 heavy (non-hydrogen) atoms. The van der Waals surface area contributed by atoms with Crippen molar-refractivity contribution in [3.63, 3.8) is 0 Å². The van der Waals surface area contributed by atoms with Gasteiger partial charge in [-0.3, -0.25) is 14.9 Å². The summed E-state index contributed by atoms with van der Waals surface area (Å²) in [5.74, 6) is -0.265. The van der Waals surface area contributed by atoms with Crippen LogP contribution in [0.25, 0.3) is 0 Å². The zero-order chi connectivity index (χ0) is 14.9. The van der Waals surface area contributed by atoms with Gasteiger partial charge in [-0.2, -0.15) is 0 Å². The van der Waals surface area contributed by atoms with Crippen molar-refractivity contribution in [3.05, 3.63) is 37.4 Å². The average molecular weight is 390 g/mol. The minimum atomic E-state index is -0.795. The van der Waals surface area contributed by atoms with Crippen LogP contribution in [0.5, 0.6) is 0 Å². The van der Waals surface area contributed by atoms with Crippen molar-refractivity contribution in [1.29, 1.82) is 0 Å².